The Morgan fingerprint density at radius 1 is 1.33 bits per heavy atom. The van der Waals surface area contributed by atoms with Crippen LogP contribution in [0.5, 0.6) is 5.75 Å². The SMILES string of the molecule is CC(C)(C)c1cn(C[C@H]2CCCN(C(=O)c3ccc4c(c3)CCO4)C2)nn1. The number of likely N-dealkylation sites (tertiary alicyclic amines) is 1. The van der Waals surface area contributed by atoms with E-state index in [2.05, 4.69) is 31.1 Å². The van der Waals surface area contributed by atoms with E-state index in [9.17, 15) is 4.79 Å². The van der Waals surface area contributed by atoms with Gasteiger partial charge in [-0.3, -0.25) is 9.48 Å². The molecular weight excluding hydrogens is 340 g/mol. The molecule has 0 N–H and O–H groups in total. The number of fused-ring (bicyclic) bond motifs is 1. The predicted octanol–water partition coefficient (Wildman–Crippen LogP) is 3.06. The van der Waals surface area contributed by atoms with E-state index >= 15 is 0 Å². The third-order valence-electron chi connectivity index (χ3n) is 5.49. The first kappa shape index (κ1) is 18.0. The van der Waals surface area contributed by atoms with E-state index in [1.54, 1.807) is 0 Å². The molecule has 2 aliphatic heterocycles. The fourth-order valence-corrected chi connectivity index (χ4v) is 3.90. The average Bonchev–Trinajstić information content (AvgIpc) is 3.29. The first-order valence-electron chi connectivity index (χ1n) is 9.86. The number of piperidine rings is 1. The fraction of sp³-hybridized carbons (Fsp3) is 0.571. The van der Waals surface area contributed by atoms with Crippen molar-refractivity contribution in [3.63, 3.8) is 0 Å². The summed E-state index contributed by atoms with van der Waals surface area (Å²) in [5, 5.41) is 8.60. The van der Waals surface area contributed by atoms with Crippen LogP contribution in [0, 0.1) is 5.92 Å². The maximum absolute atomic E-state index is 13.0. The Kier molecular flexibility index (Phi) is 4.66. The third-order valence-corrected chi connectivity index (χ3v) is 5.49. The molecule has 0 radical (unpaired) electrons. The van der Waals surface area contributed by atoms with Crippen molar-refractivity contribution in [3.8, 4) is 5.75 Å². The molecule has 144 valence electrons. The zero-order chi connectivity index (χ0) is 19.0. The Bertz CT molecular complexity index is 837. The van der Waals surface area contributed by atoms with Crippen molar-refractivity contribution in [2.45, 2.75) is 52.0 Å². The van der Waals surface area contributed by atoms with E-state index in [4.69, 9.17) is 4.74 Å². The molecule has 1 saturated heterocycles. The van der Waals surface area contributed by atoms with E-state index in [0.29, 0.717) is 12.5 Å². The van der Waals surface area contributed by atoms with Crippen molar-refractivity contribution in [1.82, 2.24) is 19.9 Å². The summed E-state index contributed by atoms with van der Waals surface area (Å²) >= 11 is 0. The lowest BCUT2D eigenvalue weighted by molar-refractivity contribution is 0.0659. The molecule has 27 heavy (non-hydrogen) atoms. The molecule has 1 atom stereocenters. The highest BCUT2D eigenvalue weighted by molar-refractivity contribution is 5.94. The van der Waals surface area contributed by atoms with E-state index in [-0.39, 0.29) is 11.3 Å². The van der Waals surface area contributed by atoms with E-state index in [1.807, 2.05) is 34.0 Å². The Morgan fingerprint density at radius 2 is 2.19 bits per heavy atom. The van der Waals surface area contributed by atoms with Crippen molar-refractivity contribution in [2.75, 3.05) is 19.7 Å². The molecule has 3 heterocycles. The normalized spacial score (nSPS) is 19.7. The van der Waals surface area contributed by atoms with Gasteiger partial charge in [0, 0.05) is 43.2 Å². The molecule has 1 aromatic carbocycles. The maximum atomic E-state index is 13.0. The molecule has 0 unspecified atom stereocenters. The summed E-state index contributed by atoms with van der Waals surface area (Å²) in [5.41, 5.74) is 2.93. The molecule has 0 spiro atoms. The zero-order valence-electron chi connectivity index (χ0n) is 16.4. The van der Waals surface area contributed by atoms with Gasteiger partial charge in [0.05, 0.1) is 12.3 Å². The molecule has 4 rings (SSSR count). The Labute approximate surface area is 160 Å². The van der Waals surface area contributed by atoms with Gasteiger partial charge in [0.25, 0.3) is 5.91 Å². The summed E-state index contributed by atoms with van der Waals surface area (Å²) in [6, 6.07) is 5.82. The largest absolute Gasteiger partial charge is 0.493 e. The third kappa shape index (κ3) is 3.84. The summed E-state index contributed by atoms with van der Waals surface area (Å²) in [6.07, 6.45) is 5.08. The highest BCUT2D eigenvalue weighted by Crippen LogP contribution is 2.27. The number of carbonyl (C=O) groups is 1. The topological polar surface area (TPSA) is 60.2 Å². The van der Waals surface area contributed by atoms with Crippen LogP contribution in [-0.4, -0.2) is 45.5 Å². The number of ether oxygens (including phenoxy) is 1. The lowest BCUT2D eigenvalue weighted by atomic mass is 9.93. The molecule has 2 aromatic rings. The van der Waals surface area contributed by atoms with Gasteiger partial charge < -0.3 is 9.64 Å². The molecule has 1 fully saturated rings. The number of nitrogens with zero attached hydrogens (tertiary/aromatic N) is 4. The Hall–Kier alpha value is -2.37. The van der Waals surface area contributed by atoms with Crippen molar-refractivity contribution in [3.05, 3.63) is 41.2 Å². The van der Waals surface area contributed by atoms with Crippen molar-refractivity contribution < 1.29 is 9.53 Å². The second-order valence-corrected chi connectivity index (χ2v) is 8.76. The average molecular weight is 368 g/mol. The van der Waals surface area contributed by atoms with Crippen LogP contribution in [0.25, 0.3) is 0 Å². The van der Waals surface area contributed by atoms with Crippen LogP contribution in [0.1, 0.15) is 55.2 Å². The maximum Gasteiger partial charge on any atom is 0.253 e. The first-order chi connectivity index (χ1) is 12.9. The minimum absolute atomic E-state index is 0.00407. The fourth-order valence-electron chi connectivity index (χ4n) is 3.90. The highest BCUT2D eigenvalue weighted by Gasteiger charge is 2.26. The Balaban J connectivity index is 1.42. The smallest absolute Gasteiger partial charge is 0.253 e. The van der Waals surface area contributed by atoms with Crippen molar-refractivity contribution in [2.24, 2.45) is 5.92 Å². The minimum Gasteiger partial charge on any atom is -0.493 e. The van der Waals surface area contributed by atoms with Gasteiger partial charge in [0.2, 0.25) is 0 Å². The molecule has 0 bridgehead atoms. The van der Waals surface area contributed by atoms with Crippen molar-refractivity contribution >= 4 is 5.91 Å². The summed E-state index contributed by atoms with van der Waals surface area (Å²) in [5.74, 6) is 1.46. The number of hydrogen-bond acceptors (Lipinski definition) is 4. The van der Waals surface area contributed by atoms with Gasteiger partial charge in [-0.05, 0) is 42.5 Å². The van der Waals surface area contributed by atoms with Crippen LogP contribution in [-0.2, 0) is 18.4 Å². The molecule has 6 heteroatoms. The van der Waals surface area contributed by atoms with Crippen LogP contribution in [0.2, 0.25) is 0 Å². The summed E-state index contributed by atoms with van der Waals surface area (Å²) in [4.78, 5) is 15.0. The van der Waals surface area contributed by atoms with Crippen LogP contribution < -0.4 is 4.74 Å². The predicted molar refractivity (Wildman–Crippen MR) is 103 cm³/mol. The molecule has 1 aromatic heterocycles. The van der Waals surface area contributed by atoms with Gasteiger partial charge in [-0.15, -0.1) is 5.10 Å². The van der Waals surface area contributed by atoms with Gasteiger partial charge in [-0.1, -0.05) is 26.0 Å². The lowest BCUT2D eigenvalue weighted by Crippen LogP contribution is -2.41. The standard InChI is InChI=1S/C21H28N4O2/c1-21(2,3)19-14-25(23-22-19)13-15-5-4-9-24(12-15)20(26)17-6-7-18-16(11-17)8-10-27-18/h6-7,11,14-15H,4-5,8-10,12-13H2,1-3H3/t15-/m0/s1. The molecule has 1 amide bonds. The number of hydrogen-bond donors (Lipinski definition) is 0. The molecule has 6 nitrogen and oxygen atoms in total. The number of amides is 1. The highest BCUT2D eigenvalue weighted by atomic mass is 16.5. The van der Waals surface area contributed by atoms with Gasteiger partial charge >= 0.3 is 0 Å². The number of carbonyl (C=O) groups excluding carboxylic acids is 1. The number of rotatable bonds is 3. The van der Waals surface area contributed by atoms with Crippen LogP contribution in [0.3, 0.4) is 0 Å². The van der Waals surface area contributed by atoms with Gasteiger partial charge in [-0.2, -0.15) is 0 Å². The second-order valence-electron chi connectivity index (χ2n) is 8.76. The second kappa shape index (κ2) is 6.98. The first-order valence-corrected chi connectivity index (χ1v) is 9.86. The lowest BCUT2D eigenvalue weighted by Gasteiger charge is -2.32. The van der Waals surface area contributed by atoms with E-state index < -0.39 is 0 Å². The van der Waals surface area contributed by atoms with E-state index in [1.165, 1.54) is 0 Å². The zero-order valence-corrected chi connectivity index (χ0v) is 16.4. The molecule has 0 saturated carbocycles. The van der Waals surface area contributed by atoms with Gasteiger partial charge in [-0.25, -0.2) is 0 Å². The van der Waals surface area contributed by atoms with E-state index in [0.717, 1.165) is 61.5 Å². The summed E-state index contributed by atoms with van der Waals surface area (Å²) in [6.45, 7) is 9.56. The summed E-state index contributed by atoms with van der Waals surface area (Å²) in [7, 11) is 0. The van der Waals surface area contributed by atoms with Crippen LogP contribution in [0.4, 0.5) is 0 Å². The minimum atomic E-state index is 0.00407. The van der Waals surface area contributed by atoms with Crippen molar-refractivity contribution in [1.29, 1.82) is 0 Å². The van der Waals surface area contributed by atoms with Crippen LogP contribution in [0.15, 0.2) is 24.4 Å². The quantitative estimate of drug-likeness (QED) is 0.835. The number of benzene rings is 1. The molecular formula is C21H28N4O2. The molecule has 2 aliphatic rings. The van der Waals surface area contributed by atoms with Gasteiger partial charge in [0.15, 0.2) is 0 Å². The van der Waals surface area contributed by atoms with Crippen LogP contribution >= 0.6 is 0 Å². The molecule has 0 aliphatic carbocycles. The Morgan fingerprint density at radius 3 is 2.96 bits per heavy atom. The van der Waals surface area contributed by atoms with Gasteiger partial charge in [0.1, 0.15) is 5.75 Å². The monoisotopic (exact) mass is 368 g/mol. The summed E-state index contributed by atoms with van der Waals surface area (Å²) < 4.78 is 7.48. The number of aromatic nitrogens is 3.